The van der Waals surface area contributed by atoms with Crippen LogP contribution < -0.4 is 10.2 Å². The number of carbonyl (C=O) groups excluding carboxylic acids is 1. The molecule has 0 aliphatic carbocycles. The molecule has 1 saturated heterocycles. The highest BCUT2D eigenvalue weighted by Crippen LogP contribution is 2.44. The molecule has 0 spiro atoms. The molecule has 2 aromatic heterocycles. The van der Waals surface area contributed by atoms with Gasteiger partial charge in [-0.15, -0.1) is 10.2 Å². The second kappa shape index (κ2) is 8.14. The second-order valence-corrected chi connectivity index (χ2v) is 8.00. The molecule has 1 fully saturated rings. The van der Waals surface area contributed by atoms with Gasteiger partial charge < -0.3 is 15.0 Å². The third kappa shape index (κ3) is 3.92. The first kappa shape index (κ1) is 21.4. The van der Waals surface area contributed by atoms with Crippen molar-refractivity contribution < 1.29 is 22.7 Å². The van der Waals surface area contributed by atoms with Crippen LogP contribution >= 0.6 is 0 Å². The molecule has 2 aliphatic heterocycles. The molecule has 0 bridgehead atoms. The van der Waals surface area contributed by atoms with Gasteiger partial charge in [-0.2, -0.15) is 23.0 Å². The van der Waals surface area contributed by atoms with Crippen molar-refractivity contribution in [2.75, 3.05) is 36.5 Å². The Balaban J connectivity index is 1.55. The summed E-state index contributed by atoms with van der Waals surface area (Å²) >= 11 is 0. The highest BCUT2D eigenvalue weighted by Gasteiger charge is 2.39. The van der Waals surface area contributed by atoms with Crippen LogP contribution in [0.1, 0.15) is 34.7 Å². The second-order valence-electron chi connectivity index (χ2n) is 8.00. The first-order valence-electron chi connectivity index (χ1n) is 10.5. The number of hydrogen-bond acceptors (Lipinski definition) is 6. The van der Waals surface area contributed by atoms with E-state index in [1.807, 2.05) is 0 Å². The Hall–Kier alpha value is -3.47. The molecule has 8 nitrogen and oxygen atoms in total. The number of amides is 1. The van der Waals surface area contributed by atoms with E-state index in [1.165, 1.54) is 16.8 Å². The fourth-order valence-corrected chi connectivity index (χ4v) is 4.43. The van der Waals surface area contributed by atoms with Gasteiger partial charge in [0.05, 0.1) is 24.5 Å². The van der Waals surface area contributed by atoms with Crippen LogP contribution in [0.3, 0.4) is 0 Å². The summed E-state index contributed by atoms with van der Waals surface area (Å²) in [4.78, 5) is 14.6. The molecular weight excluding hydrogens is 437 g/mol. The summed E-state index contributed by atoms with van der Waals surface area (Å²) in [6.45, 7) is 4.36. The summed E-state index contributed by atoms with van der Waals surface area (Å²) in [5, 5.41) is 15.8. The smallest absolute Gasteiger partial charge is 0.378 e. The van der Waals surface area contributed by atoms with Crippen LogP contribution in [-0.2, 0) is 15.7 Å². The number of morpholine rings is 1. The van der Waals surface area contributed by atoms with Crippen LogP contribution in [0.25, 0.3) is 5.82 Å². The lowest BCUT2D eigenvalue weighted by atomic mass is 9.83. The van der Waals surface area contributed by atoms with Gasteiger partial charge >= 0.3 is 6.18 Å². The summed E-state index contributed by atoms with van der Waals surface area (Å²) in [6.07, 6.45) is -4.64. The number of fused-ring (bicyclic) bond motifs is 1. The first-order chi connectivity index (χ1) is 15.8. The van der Waals surface area contributed by atoms with Crippen LogP contribution in [0.15, 0.2) is 36.4 Å². The number of carbonyl (C=O) groups is 1. The highest BCUT2D eigenvalue weighted by molar-refractivity contribution is 5.95. The van der Waals surface area contributed by atoms with E-state index in [0.717, 1.165) is 6.07 Å². The molecule has 1 aromatic carbocycles. The standard InChI is InChI=1S/C22H21F3N6O2/c1-13-20-15(14-4-2-3-5-16(14)22(23,24)25)12-19(32)26-21(20)31(29-13)18-7-6-17(27-28-18)30-8-10-33-11-9-30/h2-7,15H,8-12H2,1H3,(H,26,32)/t15-/m1/s1. The van der Waals surface area contributed by atoms with Gasteiger partial charge in [0.25, 0.3) is 0 Å². The fraction of sp³-hybridized carbons (Fsp3) is 0.364. The zero-order valence-electron chi connectivity index (χ0n) is 17.8. The quantitative estimate of drug-likeness (QED) is 0.648. The summed E-state index contributed by atoms with van der Waals surface area (Å²) in [7, 11) is 0. The molecule has 3 aromatic rings. The van der Waals surface area contributed by atoms with Gasteiger partial charge in [0.1, 0.15) is 5.82 Å². The number of nitrogens with one attached hydrogen (secondary N) is 1. The molecule has 0 saturated carbocycles. The largest absolute Gasteiger partial charge is 0.416 e. The lowest BCUT2D eigenvalue weighted by Crippen LogP contribution is -2.36. The van der Waals surface area contributed by atoms with Crippen molar-refractivity contribution in [1.29, 1.82) is 0 Å². The minimum Gasteiger partial charge on any atom is -0.378 e. The van der Waals surface area contributed by atoms with Gasteiger partial charge in [0.2, 0.25) is 5.91 Å². The number of alkyl halides is 3. The van der Waals surface area contributed by atoms with Gasteiger partial charge in [-0.25, -0.2) is 0 Å². The molecule has 172 valence electrons. The molecule has 1 amide bonds. The summed E-state index contributed by atoms with van der Waals surface area (Å²) in [6, 6.07) is 8.88. The summed E-state index contributed by atoms with van der Waals surface area (Å²) in [5.74, 6) is 0.214. The molecular formula is C22H21F3N6O2. The maximum atomic E-state index is 13.7. The Bertz CT molecular complexity index is 1190. The number of anilines is 2. The van der Waals surface area contributed by atoms with E-state index in [2.05, 4.69) is 25.5 Å². The molecule has 2 aliphatic rings. The van der Waals surface area contributed by atoms with Crippen LogP contribution in [0.4, 0.5) is 24.8 Å². The van der Waals surface area contributed by atoms with Crippen LogP contribution in [-0.4, -0.2) is 52.2 Å². The number of rotatable bonds is 3. The SMILES string of the molecule is Cc1nn(-c2ccc(N3CCOCC3)nn2)c2c1[C@@H](c1ccccc1C(F)(F)F)CC(=O)N2. The van der Waals surface area contributed by atoms with Crippen molar-refractivity contribution in [3.63, 3.8) is 0 Å². The van der Waals surface area contributed by atoms with Gasteiger partial charge in [-0.1, -0.05) is 18.2 Å². The number of nitrogens with zero attached hydrogens (tertiary/aromatic N) is 5. The third-order valence-corrected chi connectivity index (χ3v) is 5.93. The number of ether oxygens (including phenoxy) is 1. The van der Waals surface area contributed by atoms with E-state index < -0.39 is 17.7 Å². The number of hydrogen-bond donors (Lipinski definition) is 1. The maximum absolute atomic E-state index is 13.7. The number of halogens is 3. The number of aromatic nitrogens is 4. The lowest BCUT2D eigenvalue weighted by Gasteiger charge is -2.27. The monoisotopic (exact) mass is 458 g/mol. The van der Waals surface area contributed by atoms with Crippen molar-refractivity contribution >= 4 is 17.5 Å². The number of benzene rings is 1. The zero-order valence-corrected chi connectivity index (χ0v) is 17.8. The average molecular weight is 458 g/mol. The minimum atomic E-state index is -4.53. The van der Waals surface area contributed by atoms with E-state index in [-0.39, 0.29) is 17.9 Å². The third-order valence-electron chi connectivity index (χ3n) is 5.93. The van der Waals surface area contributed by atoms with E-state index in [9.17, 15) is 18.0 Å². The van der Waals surface area contributed by atoms with Crippen molar-refractivity contribution in [3.05, 3.63) is 58.8 Å². The Morgan fingerprint density at radius 1 is 1.06 bits per heavy atom. The van der Waals surface area contributed by atoms with Gasteiger partial charge in [-0.3, -0.25) is 4.79 Å². The summed E-state index contributed by atoms with van der Waals surface area (Å²) < 4.78 is 47.8. The van der Waals surface area contributed by atoms with E-state index in [0.29, 0.717) is 55.0 Å². The molecule has 1 atom stereocenters. The predicted octanol–water partition coefficient (Wildman–Crippen LogP) is 3.30. The molecule has 4 heterocycles. The van der Waals surface area contributed by atoms with E-state index in [4.69, 9.17) is 4.74 Å². The van der Waals surface area contributed by atoms with Crippen molar-refractivity contribution in [3.8, 4) is 5.82 Å². The van der Waals surface area contributed by atoms with Crippen molar-refractivity contribution in [2.24, 2.45) is 0 Å². The topological polar surface area (TPSA) is 85.2 Å². The predicted molar refractivity (Wildman–Crippen MR) is 113 cm³/mol. The Morgan fingerprint density at radius 2 is 1.76 bits per heavy atom. The van der Waals surface area contributed by atoms with Crippen LogP contribution in [0.5, 0.6) is 0 Å². The lowest BCUT2D eigenvalue weighted by molar-refractivity contribution is -0.138. The average Bonchev–Trinajstić information content (AvgIpc) is 3.15. The maximum Gasteiger partial charge on any atom is 0.416 e. The molecule has 11 heteroatoms. The van der Waals surface area contributed by atoms with Crippen molar-refractivity contribution in [1.82, 2.24) is 20.0 Å². The van der Waals surface area contributed by atoms with Gasteiger partial charge in [-0.05, 0) is 30.7 Å². The van der Waals surface area contributed by atoms with Crippen molar-refractivity contribution in [2.45, 2.75) is 25.4 Å². The van der Waals surface area contributed by atoms with Crippen LogP contribution in [0.2, 0.25) is 0 Å². The van der Waals surface area contributed by atoms with Gasteiger partial charge in [0.15, 0.2) is 11.6 Å². The normalized spacial score (nSPS) is 18.7. The van der Waals surface area contributed by atoms with Gasteiger partial charge in [0, 0.05) is 31.0 Å². The first-order valence-corrected chi connectivity index (χ1v) is 10.5. The fourth-order valence-electron chi connectivity index (χ4n) is 4.43. The Labute approximate surface area is 187 Å². The van der Waals surface area contributed by atoms with E-state index in [1.54, 1.807) is 25.1 Å². The van der Waals surface area contributed by atoms with E-state index >= 15 is 0 Å². The Kier molecular flexibility index (Phi) is 5.28. The Morgan fingerprint density at radius 3 is 2.45 bits per heavy atom. The molecule has 1 N–H and O–H groups in total. The molecule has 5 rings (SSSR count). The molecule has 0 unspecified atom stereocenters. The van der Waals surface area contributed by atoms with Crippen LogP contribution in [0, 0.1) is 6.92 Å². The summed E-state index contributed by atoms with van der Waals surface area (Å²) in [5.41, 5.74) is 0.367. The minimum absolute atomic E-state index is 0.0532. The molecule has 33 heavy (non-hydrogen) atoms. The number of aryl methyl sites for hydroxylation is 1. The zero-order chi connectivity index (χ0) is 23.2. The highest BCUT2D eigenvalue weighted by atomic mass is 19.4. The molecule has 0 radical (unpaired) electrons.